The zero-order chi connectivity index (χ0) is 57.3. The molecule has 4 aliphatic carbocycles. The van der Waals surface area contributed by atoms with E-state index in [0.717, 1.165) is 114 Å². The van der Waals surface area contributed by atoms with Crippen molar-refractivity contribution < 1.29 is 38.4 Å². The number of likely N-dealkylation sites (N-methyl/N-ethyl adjacent to an activating group) is 2. The molecule has 3 aromatic rings. The number of benzene rings is 3. The fraction of sp³-hybridized carbons (Fsp3) is 0.581. The van der Waals surface area contributed by atoms with E-state index in [-0.39, 0.29) is 102 Å². The number of rotatable bonds is 18. The minimum Gasteiger partial charge on any atom is -0.399 e. The topological polar surface area (TPSA) is 265 Å². The zero-order valence-electron chi connectivity index (χ0n) is 47.7. The monoisotopic (exact) mass is 1110 g/mol. The number of amides is 8. The maximum absolute atomic E-state index is 15.0. The van der Waals surface area contributed by atoms with Crippen molar-refractivity contribution in [3.05, 3.63) is 100 Å². The van der Waals surface area contributed by atoms with Crippen LogP contribution in [-0.4, -0.2) is 133 Å². The van der Waals surface area contributed by atoms with Crippen LogP contribution in [0, 0.1) is 11.8 Å². The Kier molecular flexibility index (Phi) is 19.5. The summed E-state index contributed by atoms with van der Waals surface area (Å²) in [6.45, 7) is 3.45. The van der Waals surface area contributed by atoms with E-state index < -0.39 is 60.1 Å². The second-order valence-electron chi connectivity index (χ2n) is 23.8. The summed E-state index contributed by atoms with van der Waals surface area (Å²) < 4.78 is 0. The number of carbonyl (C=O) groups is 8. The lowest BCUT2D eigenvalue weighted by Gasteiger charge is -2.35. The number of fused-ring (bicyclic) bond motifs is 2. The maximum atomic E-state index is 15.0. The van der Waals surface area contributed by atoms with E-state index in [1.165, 1.54) is 39.1 Å². The second kappa shape index (κ2) is 26.8. The van der Waals surface area contributed by atoms with Gasteiger partial charge < -0.3 is 58.1 Å². The van der Waals surface area contributed by atoms with Crippen molar-refractivity contribution in [1.29, 1.82) is 0 Å². The van der Waals surface area contributed by atoms with Crippen LogP contribution in [0.15, 0.2) is 66.7 Å². The minimum atomic E-state index is -0.961. The first kappa shape index (κ1) is 58.8. The summed E-state index contributed by atoms with van der Waals surface area (Å²) in [5.41, 5.74) is 11.2. The average Bonchev–Trinajstić information content (AvgIpc) is 4.20. The average molecular weight is 1110 g/mol. The van der Waals surface area contributed by atoms with E-state index in [2.05, 4.69) is 54.7 Å². The van der Waals surface area contributed by atoms with E-state index in [1.54, 1.807) is 27.9 Å². The summed E-state index contributed by atoms with van der Waals surface area (Å²) in [6.07, 6.45) is 14.0. The number of anilines is 1. The number of hydrogen-bond acceptors (Lipinski definition) is 11. The third kappa shape index (κ3) is 13.9. The second-order valence-corrected chi connectivity index (χ2v) is 23.8. The van der Waals surface area contributed by atoms with Crippen molar-refractivity contribution in [2.45, 2.75) is 190 Å². The van der Waals surface area contributed by atoms with Crippen LogP contribution in [0.4, 0.5) is 5.69 Å². The van der Waals surface area contributed by atoms with Crippen LogP contribution < -0.4 is 48.3 Å². The third-order valence-electron chi connectivity index (χ3n) is 18.3. The van der Waals surface area contributed by atoms with Crippen molar-refractivity contribution in [3.8, 4) is 0 Å². The SMILES string of the molecule is CN[C@@H](C)C(=O)N[C@@H](C(=O)N1C[C@@H](NC(=O)c2cc(N)cc(C(=O)N[C@H]3C[C@@H](C(=O)N[C@@H]4CCCc5ccccc54)N(C(=O)[C@H](NC(=O)[C@H](C)NC)C4CCCCC4)C3)c2)CC1C(=O)N[C@@H]1CCCc2ccccc21)C1CCCCC1. The van der Waals surface area contributed by atoms with Gasteiger partial charge in [-0.25, -0.2) is 0 Å². The van der Waals surface area contributed by atoms with Gasteiger partial charge in [0.05, 0.1) is 24.2 Å². The van der Waals surface area contributed by atoms with Crippen LogP contribution >= 0.6 is 0 Å². The molecule has 2 saturated heterocycles. The zero-order valence-corrected chi connectivity index (χ0v) is 47.7. The maximum Gasteiger partial charge on any atom is 0.251 e. The molecule has 436 valence electrons. The van der Waals surface area contributed by atoms with Crippen molar-refractivity contribution >= 4 is 52.9 Å². The molecule has 0 bridgehead atoms. The summed E-state index contributed by atoms with van der Waals surface area (Å²) in [6, 6.07) is 13.7. The molecule has 3 aromatic carbocycles. The molecule has 0 spiro atoms. The predicted molar refractivity (Wildman–Crippen MR) is 308 cm³/mol. The molecule has 0 radical (unpaired) electrons. The summed E-state index contributed by atoms with van der Waals surface area (Å²) >= 11 is 0. The van der Waals surface area contributed by atoms with Crippen molar-refractivity contribution in [3.63, 3.8) is 0 Å². The van der Waals surface area contributed by atoms with Gasteiger partial charge in [-0.1, -0.05) is 87.1 Å². The Balaban J connectivity index is 0.934. The molecule has 81 heavy (non-hydrogen) atoms. The lowest BCUT2D eigenvalue weighted by molar-refractivity contribution is -0.143. The number of nitrogen functional groups attached to an aromatic ring is 1. The van der Waals surface area contributed by atoms with Crippen molar-refractivity contribution in [2.24, 2.45) is 11.8 Å². The summed E-state index contributed by atoms with van der Waals surface area (Å²) in [5.74, 6) is -3.47. The summed E-state index contributed by atoms with van der Waals surface area (Å²) in [4.78, 5) is 118. The van der Waals surface area contributed by atoms with Gasteiger partial charge in [0.15, 0.2) is 0 Å². The molecule has 2 saturated carbocycles. The highest BCUT2D eigenvalue weighted by Gasteiger charge is 2.47. The number of nitrogens with two attached hydrogens (primary N) is 1. The van der Waals surface area contributed by atoms with Crippen LogP contribution in [0.5, 0.6) is 0 Å². The fourth-order valence-electron chi connectivity index (χ4n) is 13.5. The Labute approximate surface area is 476 Å². The molecule has 10 N–H and O–H groups in total. The molecule has 1 unspecified atom stereocenters. The first-order valence-corrected chi connectivity index (χ1v) is 30.0. The molecule has 10 atom stereocenters. The number of nitrogens with one attached hydrogen (secondary N) is 8. The van der Waals surface area contributed by atoms with E-state index in [4.69, 9.17) is 5.73 Å². The van der Waals surface area contributed by atoms with E-state index in [9.17, 15) is 28.8 Å². The highest BCUT2D eigenvalue weighted by atomic mass is 16.2. The molecule has 6 aliphatic rings. The van der Waals surface area contributed by atoms with Crippen molar-refractivity contribution in [1.82, 2.24) is 52.3 Å². The quantitative estimate of drug-likeness (QED) is 0.0807. The highest BCUT2D eigenvalue weighted by molar-refractivity contribution is 6.02. The van der Waals surface area contributed by atoms with Gasteiger partial charge in [-0.3, -0.25) is 38.4 Å². The number of hydrogen-bond donors (Lipinski definition) is 9. The van der Waals surface area contributed by atoms with Gasteiger partial charge in [0.2, 0.25) is 35.4 Å². The van der Waals surface area contributed by atoms with Gasteiger partial charge in [0, 0.05) is 42.0 Å². The van der Waals surface area contributed by atoms with Crippen LogP contribution in [0.1, 0.15) is 172 Å². The molecule has 2 aliphatic heterocycles. The minimum absolute atomic E-state index is 0.00104. The lowest BCUT2D eigenvalue weighted by atomic mass is 9.83. The standard InChI is InChI=1S/C62H85N11O8/c1-36(64-3)55(74)70-53(40-19-7-5-8-20-40)61(80)72-34-45(32-51(72)59(78)68-49-27-15-23-38-17-11-13-25-47(38)49)66-57(76)42-29-43(31-44(63)30-42)58(77)67-46-33-52(60(79)69-50-28-16-24-39-18-12-14-26-48(39)50)73(35-46)62(81)54(41-21-9-6-10-22-41)71-56(75)37(2)65-4/h11-14,17-18,25-26,29-31,36-37,40-41,45-46,49-54,64-65H,5-10,15-16,19-24,27-28,32-35,63H2,1-4H3,(H,66,76)(H,67,77)(H,68,78)(H,69,79)(H,70,74)(H,71,75)/t36-,37-,45-,46-,49+,50+,51-,52?,53+,54+/m0/s1. The molecule has 19 heteroatoms. The molecule has 8 amide bonds. The molecular formula is C62H85N11O8. The van der Waals surface area contributed by atoms with Gasteiger partial charge in [-0.05, 0) is 157 Å². The smallest absolute Gasteiger partial charge is 0.251 e. The largest absolute Gasteiger partial charge is 0.399 e. The Bertz CT molecular complexity index is 2620. The van der Waals surface area contributed by atoms with Crippen LogP contribution in [-0.2, 0) is 41.6 Å². The molecular weight excluding hydrogens is 1030 g/mol. The van der Waals surface area contributed by atoms with E-state index in [1.807, 2.05) is 36.4 Å². The Morgan fingerprint density at radius 2 is 0.901 bits per heavy atom. The number of nitrogens with zero attached hydrogens (tertiary/aromatic N) is 2. The third-order valence-corrected chi connectivity index (χ3v) is 18.3. The highest BCUT2D eigenvalue weighted by Crippen LogP contribution is 2.35. The fourth-order valence-corrected chi connectivity index (χ4v) is 13.5. The van der Waals surface area contributed by atoms with Crippen LogP contribution in [0.2, 0.25) is 0 Å². The van der Waals surface area contributed by atoms with Gasteiger partial charge in [-0.15, -0.1) is 0 Å². The Morgan fingerprint density at radius 3 is 1.30 bits per heavy atom. The van der Waals surface area contributed by atoms with E-state index >= 15 is 9.59 Å². The van der Waals surface area contributed by atoms with E-state index in [0.29, 0.717) is 0 Å². The summed E-state index contributed by atoms with van der Waals surface area (Å²) in [5, 5.41) is 24.6. The molecule has 2 heterocycles. The molecule has 19 nitrogen and oxygen atoms in total. The van der Waals surface area contributed by atoms with Gasteiger partial charge in [-0.2, -0.15) is 0 Å². The van der Waals surface area contributed by atoms with Crippen LogP contribution in [0.3, 0.4) is 0 Å². The van der Waals surface area contributed by atoms with Gasteiger partial charge in [0.1, 0.15) is 24.2 Å². The molecule has 4 fully saturated rings. The van der Waals surface area contributed by atoms with Crippen LogP contribution in [0.25, 0.3) is 0 Å². The molecule has 0 aromatic heterocycles. The van der Waals surface area contributed by atoms with Crippen molar-refractivity contribution in [2.75, 3.05) is 32.9 Å². The summed E-state index contributed by atoms with van der Waals surface area (Å²) in [7, 11) is 3.36. The lowest BCUT2D eigenvalue weighted by Crippen LogP contribution is -2.58. The predicted octanol–water partition coefficient (Wildman–Crippen LogP) is 4.40. The Hall–Kier alpha value is -6.86. The number of carbonyl (C=O) groups excluding carboxylic acids is 8. The van der Waals surface area contributed by atoms with Gasteiger partial charge in [0.25, 0.3) is 11.8 Å². The number of likely N-dealkylation sites (tertiary alicyclic amines) is 2. The Morgan fingerprint density at radius 1 is 0.506 bits per heavy atom. The number of aryl methyl sites for hydroxylation is 2. The van der Waals surface area contributed by atoms with Gasteiger partial charge >= 0.3 is 0 Å². The molecule has 9 rings (SSSR count). The first-order valence-electron chi connectivity index (χ1n) is 30.0. The normalized spacial score (nSPS) is 24.5. The first-order chi connectivity index (χ1) is 39.1.